The van der Waals surface area contributed by atoms with Gasteiger partial charge in [0.05, 0.1) is 12.2 Å². The van der Waals surface area contributed by atoms with E-state index in [0.717, 1.165) is 55.8 Å². The molecule has 2 heterocycles. The van der Waals surface area contributed by atoms with E-state index in [4.69, 9.17) is 14.7 Å². The van der Waals surface area contributed by atoms with E-state index in [1.54, 1.807) is 18.4 Å². The van der Waals surface area contributed by atoms with Gasteiger partial charge < -0.3 is 19.9 Å². The molecule has 1 fully saturated rings. The SMILES string of the molecule is CCNC(=NCC1CCN(CCc2ccccc2)C1)N(C)Cc1csc(C(C)OC)n1.I. The van der Waals surface area contributed by atoms with Gasteiger partial charge in [0, 0.05) is 45.7 Å². The third kappa shape index (κ3) is 8.28. The second-order valence-electron chi connectivity index (χ2n) is 8.30. The van der Waals surface area contributed by atoms with Gasteiger partial charge in [-0.05, 0) is 44.7 Å². The number of methoxy groups -OCH3 is 1. The van der Waals surface area contributed by atoms with Crippen LogP contribution in [0.25, 0.3) is 0 Å². The Kier molecular flexibility index (Phi) is 11.9. The molecule has 0 spiro atoms. The van der Waals surface area contributed by atoms with E-state index in [1.165, 1.54) is 18.5 Å². The summed E-state index contributed by atoms with van der Waals surface area (Å²) in [5, 5.41) is 6.58. The number of aromatic nitrogens is 1. The molecule has 1 aromatic heterocycles. The molecule has 8 heteroatoms. The third-order valence-electron chi connectivity index (χ3n) is 5.80. The monoisotopic (exact) mass is 571 g/mol. The van der Waals surface area contributed by atoms with E-state index in [1.807, 2.05) is 6.92 Å². The molecule has 32 heavy (non-hydrogen) atoms. The van der Waals surface area contributed by atoms with Gasteiger partial charge in [0.15, 0.2) is 5.96 Å². The quantitative estimate of drug-likeness (QED) is 0.260. The van der Waals surface area contributed by atoms with E-state index in [2.05, 4.69) is 64.8 Å². The molecular weight excluding hydrogens is 533 g/mol. The summed E-state index contributed by atoms with van der Waals surface area (Å²) in [5.41, 5.74) is 2.48. The molecular formula is C24H38IN5OS. The van der Waals surface area contributed by atoms with E-state index in [-0.39, 0.29) is 30.1 Å². The van der Waals surface area contributed by atoms with Gasteiger partial charge in [-0.15, -0.1) is 35.3 Å². The lowest BCUT2D eigenvalue weighted by molar-refractivity contribution is 0.119. The lowest BCUT2D eigenvalue weighted by Crippen LogP contribution is -2.39. The van der Waals surface area contributed by atoms with Gasteiger partial charge in [0.1, 0.15) is 11.1 Å². The summed E-state index contributed by atoms with van der Waals surface area (Å²) >= 11 is 1.66. The van der Waals surface area contributed by atoms with E-state index >= 15 is 0 Å². The Morgan fingerprint density at radius 2 is 2.16 bits per heavy atom. The zero-order valence-electron chi connectivity index (χ0n) is 19.8. The summed E-state index contributed by atoms with van der Waals surface area (Å²) in [5.74, 6) is 1.59. The van der Waals surface area contributed by atoms with Gasteiger partial charge in [0.25, 0.3) is 0 Å². The predicted octanol–water partition coefficient (Wildman–Crippen LogP) is 4.43. The number of thiazole rings is 1. The molecule has 6 nitrogen and oxygen atoms in total. The Balaban J connectivity index is 0.00000363. The maximum Gasteiger partial charge on any atom is 0.194 e. The van der Waals surface area contributed by atoms with Crippen LogP contribution in [0.4, 0.5) is 0 Å². The summed E-state index contributed by atoms with van der Waals surface area (Å²) < 4.78 is 5.38. The number of benzene rings is 1. The van der Waals surface area contributed by atoms with E-state index in [9.17, 15) is 0 Å². The topological polar surface area (TPSA) is 53.0 Å². The summed E-state index contributed by atoms with van der Waals surface area (Å²) in [4.78, 5) is 14.4. The molecule has 0 aliphatic carbocycles. The minimum absolute atomic E-state index is 0. The van der Waals surface area contributed by atoms with Crippen LogP contribution in [0.2, 0.25) is 0 Å². The number of guanidine groups is 1. The molecule has 0 radical (unpaired) electrons. The number of nitrogens with zero attached hydrogens (tertiary/aromatic N) is 4. The standard InChI is InChI=1S/C24H37N5OS.HI/c1-5-25-24(28(3)17-22-18-31-23(27-22)19(2)30-4)26-15-21-12-14-29(16-21)13-11-20-9-7-6-8-10-20;/h6-10,18-19,21H,5,11-17H2,1-4H3,(H,25,26);1H. The maximum absolute atomic E-state index is 5.38. The Bertz CT molecular complexity index is 816. The highest BCUT2D eigenvalue weighted by Crippen LogP contribution is 2.21. The van der Waals surface area contributed by atoms with Crippen LogP contribution < -0.4 is 5.32 Å². The molecule has 0 amide bonds. The van der Waals surface area contributed by atoms with Crippen molar-refractivity contribution < 1.29 is 4.74 Å². The second-order valence-corrected chi connectivity index (χ2v) is 9.19. The number of hydrogen-bond donors (Lipinski definition) is 1. The van der Waals surface area contributed by atoms with Crippen molar-refractivity contribution in [3.05, 3.63) is 52.0 Å². The lowest BCUT2D eigenvalue weighted by atomic mass is 10.1. The van der Waals surface area contributed by atoms with E-state index < -0.39 is 0 Å². The van der Waals surface area contributed by atoms with Crippen LogP contribution in [0.5, 0.6) is 0 Å². The highest BCUT2D eigenvalue weighted by atomic mass is 127. The van der Waals surface area contributed by atoms with Crippen molar-refractivity contribution in [3.63, 3.8) is 0 Å². The van der Waals surface area contributed by atoms with E-state index in [0.29, 0.717) is 5.92 Å². The van der Waals surface area contributed by atoms with Crippen LogP contribution in [-0.2, 0) is 17.7 Å². The number of ether oxygens (including phenoxy) is 1. The summed E-state index contributed by atoms with van der Waals surface area (Å²) in [6.45, 7) is 10.1. The predicted molar refractivity (Wildman–Crippen MR) is 145 cm³/mol. The molecule has 2 atom stereocenters. The minimum Gasteiger partial charge on any atom is -0.375 e. The average Bonchev–Trinajstić information content (AvgIpc) is 3.45. The number of nitrogens with one attached hydrogen (secondary N) is 1. The van der Waals surface area contributed by atoms with Gasteiger partial charge in [-0.1, -0.05) is 30.3 Å². The Morgan fingerprint density at radius 1 is 1.38 bits per heavy atom. The first-order valence-electron chi connectivity index (χ1n) is 11.3. The third-order valence-corrected chi connectivity index (χ3v) is 6.85. The molecule has 0 saturated carbocycles. The Morgan fingerprint density at radius 3 is 2.88 bits per heavy atom. The molecule has 3 rings (SSSR count). The zero-order chi connectivity index (χ0) is 22.1. The van der Waals surface area contributed by atoms with Gasteiger partial charge in [-0.2, -0.15) is 0 Å². The lowest BCUT2D eigenvalue weighted by Gasteiger charge is -2.22. The maximum atomic E-state index is 5.38. The molecule has 2 aromatic rings. The van der Waals surface area contributed by atoms with Crippen molar-refractivity contribution in [2.45, 2.75) is 39.3 Å². The van der Waals surface area contributed by atoms with Crippen molar-refractivity contribution >= 4 is 41.3 Å². The van der Waals surface area contributed by atoms with Crippen LogP contribution in [0, 0.1) is 5.92 Å². The van der Waals surface area contributed by atoms with Crippen LogP contribution >= 0.6 is 35.3 Å². The zero-order valence-corrected chi connectivity index (χ0v) is 22.9. The smallest absolute Gasteiger partial charge is 0.194 e. The van der Waals surface area contributed by atoms with Crippen LogP contribution in [0.15, 0.2) is 40.7 Å². The molecule has 1 aliphatic heterocycles. The number of halogens is 1. The summed E-state index contributed by atoms with van der Waals surface area (Å²) in [6, 6.07) is 10.8. The fraction of sp³-hybridized carbons (Fsp3) is 0.583. The van der Waals surface area contributed by atoms with Crippen LogP contribution in [0.1, 0.15) is 42.6 Å². The van der Waals surface area contributed by atoms with Gasteiger partial charge >= 0.3 is 0 Å². The van der Waals surface area contributed by atoms with Gasteiger partial charge in [0.2, 0.25) is 0 Å². The number of likely N-dealkylation sites (tertiary alicyclic amines) is 1. The first kappa shape index (κ1) is 27.0. The van der Waals surface area contributed by atoms with Crippen molar-refractivity contribution in [1.82, 2.24) is 20.1 Å². The van der Waals surface area contributed by atoms with Crippen molar-refractivity contribution in [2.24, 2.45) is 10.9 Å². The van der Waals surface area contributed by atoms with Crippen LogP contribution in [0.3, 0.4) is 0 Å². The van der Waals surface area contributed by atoms with Gasteiger partial charge in [-0.25, -0.2) is 4.98 Å². The van der Waals surface area contributed by atoms with Crippen LogP contribution in [-0.4, -0.2) is 67.6 Å². The fourth-order valence-corrected chi connectivity index (χ4v) is 4.72. The molecule has 1 saturated heterocycles. The molecule has 0 bridgehead atoms. The highest BCUT2D eigenvalue weighted by molar-refractivity contribution is 14.0. The first-order chi connectivity index (χ1) is 15.1. The number of hydrogen-bond acceptors (Lipinski definition) is 5. The minimum atomic E-state index is 0. The first-order valence-corrected chi connectivity index (χ1v) is 12.2. The average molecular weight is 572 g/mol. The largest absolute Gasteiger partial charge is 0.375 e. The fourth-order valence-electron chi connectivity index (χ4n) is 3.88. The highest BCUT2D eigenvalue weighted by Gasteiger charge is 2.22. The normalized spacial score (nSPS) is 17.8. The van der Waals surface area contributed by atoms with Crippen molar-refractivity contribution in [2.75, 3.05) is 46.9 Å². The summed E-state index contributed by atoms with van der Waals surface area (Å²) in [6.07, 6.45) is 2.39. The summed E-state index contributed by atoms with van der Waals surface area (Å²) in [7, 11) is 3.81. The molecule has 1 N–H and O–H groups in total. The molecule has 2 unspecified atom stereocenters. The molecule has 1 aromatic carbocycles. The Labute approximate surface area is 214 Å². The van der Waals surface area contributed by atoms with Gasteiger partial charge in [-0.3, -0.25) is 4.99 Å². The number of aliphatic imine (C=N–C) groups is 1. The van der Waals surface area contributed by atoms with Crippen molar-refractivity contribution in [3.8, 4) is 0 Å². The molecule has 178 valence electrons. The second kappa shape index (κ2) is 14.1. The molecule has 1 aliphatic rings. The van der Waals surface area contributed by atoms with Crippen molar-refractivity contribution in [1.29, 1.82) is 0 Å². The Hall–Kier alpha value is -1.23. The number of rotatable bonds is 10.